The van der Waals surface area contributed by atoms with Gasteiger partial charge in [0, 0.05) is 11.6 Å². The van der Waals surface area contributed by atoms with Crippen LogP contribution in [0, 0.1) is 0 Å². The minimum Gasteiger partial charge on any atom is -0.306 e. The molecule has 2 nitrogen and oxygen atoms in total. The van der Waals surface area contributed by atoms with E-state index in [9.17, 15) is 4.79 Å². The molecule has 0 saturated heterocycles. The van der Waals surface area contributed by atoms with E-state index in [4.69, 9.17) is 0 Å². The number of nitrogens with zero attached hydrogens (tertiary/aromatic N) is 1. The van der Waals surface area contributed by atoms with Gasteiger partial charge in [0.2, 0.25) is 0 Å². The summed E-state index contributed by atoms with van der Waals surface area (Å²) in [4.78, 5) is 12.3. The van der Waals surface area contributed by atoms with Gasteiger partial charge in [-0.1, -0.05) is 18.2 Å². The minimum atomic E-state index is 0.118. The Hall–Kier alpha value is -1.22. The molecule has 2 aromatic rings. The normalized spacial score (nSPS) is 11.3. The molecule has 3 heteroatoms. The van der Waals surface area contributed by atoms with E-state index in [1.54, 1.807) is 0 Å². The van der Waals surface area contributed by atoms with Crippen LogP contribution in [-0.2, 0) is 6.42 Å². The Labute approximate surface area is 107 Å². The molecule has 0 saturated carbocycles. The molecule has 1 aromatic heterocycles. The van der Waals surface area contributed by atoms with E-state index in [0.717, 1.165) is 22.9 Å². The van der Waals surface area contributed by atoms with Crippen molar-refractivity contribution in [3.63, 3.8) is 0 Å². The second-order valence-electron chi connectivity index (χ2n) is 4.47. The average molecular weight is 247 g/mol. The van der Waals surface area contributed by atoms with Crippen LogP contribution < -0.4 is 5.56 Å². The fraction of sp³-hybridized carbons (Fsp3) is 0.357. The van der Waals surface area contributed by atoms with Crippen LogP contribution in [0.25, 0.3) is 10.9 Å². The third-order valence-electron chi connectivity index (χ3n) is 2.92. The molecule has 1 aromatic carbocycles. The smallest absolute Gasteiger partial charge is 0.254 e. The molecule has 0 atom stereocenters. The average Bonchev–Trinajstić information content (AvgIpc) is 2.30. The highest BCUT2D eigenvalue weighted by Crippen LogP contribution is 2.17. The van der Waals surface area contributed by atoms with E-state index in [0.29, 0.717) is 5.75 Å². The highest BCUT2D eigenvalue weighted by molar-refractivity contribution is 7.80. The predicted molar refractivity (Wildman–Crippen MR) is 76.2 cm³/mol. The van der Waals surface area contributed by atoms with Crippen LogP contribution in [0.2, 0.25) is 0 Å². The van der Waals surface area contributed by atoms with E-state index < -0.39 is 0 Å². The van der Waals surface area contributed by atoms with E-state index in [1.807, 2.05) is 42.7 Å². The van der Waals surface area contributed by atoms with Crippen LogP contribution in [0.3, 0.4) is 0 Å². The minimum absolute atomic E-state index is 0.118. The van der Waals surface area contributed by atoms with Crippen molar-refractivity contribution >= 4 is 23.5 Å². The van der Waals surface area contributed by atoms with Gasteiger partial charge in [-0.2, -0.15) is 12.6 Å². The summed E-state index contributed by atoms with van der Waals surface area (Å²) in [6, 6.07) is 10.2. The Balaban J connectivity index is 2.81. The van der Waals surface area contributed by atoms with Crippen LogP contribution in [0.4, 0.5) is 0 Å². The first-order valence-electron chi connectivity index (χ1n) is 5.89. The molecule has 0 unspecified atom stereocenters. The van der Waals surface area contributed by atoms with Gasteiger partial charge in [0.15, 0.2) is 0 Å². The highest BCUT2D eigenvalue weighted by atomic mass is 32.1. The van der Waals surface area contributed by atoms with Gasteiger partial charge in [-0.15, -0.1) is 0 Å². The Morgan fingerprint density at radius 2 is 2.00 bits per heavy atom. The number of benzene rings is 1. The molecule has 0 amide bonds. The molecular formula is C14H17NOS. The van der Waals surface area contributed by atoms with Crippen LogP contribution in [0.15, 0.2) is 35.1 Å². The van der Waals surface area contributed by atoms with Crippen LogP contribution >= 0.6 is 12.6 Å². The summed E-state index contributed by atoms with van der Waals surface area (Å²) in [5.74, 6) is 0.700. The number of hydrogen-bond donors (Lipinski definition) is 1. The lowest BCUT2D eigenvalue weighted by Crippen LogP contribution is -2.25. The maximum absolute atomic E-state index is 12.3. The second kappa shape index (κ2) is 4.96. The molecule has 0 N–H and O–H groups in total. The fourth-order valence-corrected chi connectivity index (χ4v) is 2.40. The van der Waals surface area contributed by atoms with Gasteiger partial charge in [0.1, 0.15) is 0 Å². The van der Waals surface area contributed by atoms with Crippen molar-refractivity contribution < 1.29 is 0 Å². The summed E-state index contributed by atoms with van der Waals surface area (Å²) in [6.45, 7) is 4.08. The molecule has 0 radical (unpaired) electrons. The van der Waals surface area contributed by atoms with Crippen molar-refractivity contribution in [2.75, 3.05) is 5.75 Å². The van der Waals surface area contributed by atoms with Crippen LogP contribution in [0.5, 0.6) is 0 Å². The molecule has 0 spiro atoms. The summed E-state index contributed by atoms with van der Waals surface area (Å²) in [5, 5.41) is 1.12. The van der Waals surface area contributed by atoms with E-state index in [-0.39, 0.29) is 11.6 Å². The zero-order valence-corrected chi connectivity index (χ0v) is 11.1. The van der Waals surface area contributed by atoms with Gasteiger partial charge < -0.3 is 4.57 Å². The number of pyridine rings is 1. The number of aromatic nitrogens is 1. The van der Waals surface area contributed by atoms with Crippen LogP contribution in [0.1, 0.15) is 25.5 Å². The van der Waals surface area contributed by atoms with E-state index in [2.05, 4.69) is 18.7 Å². The molecule has 90 valence electrons. The van der Waals surface area contributed by atoms with E-state index >= 15 is 0 Å². The first-order valence-corrected chi connectivity index (χ1v) is 6.52. The Morgan fingerprint density at radius 1 is 1.29 bits per heavy atom. The molecular weight excluding hydrogens is 230 g/mol. The SMILES string of the molecule is CC(C)n1c(=O)c(CCS)cc2ccccc21. The van der Waals surface area contributed by atoms with Gasteiger partial charge in [-0.3, -0.25) is 4.79 Å². The van der Waals surface area contributed by atoms with Crippen molar-refractivity contribution in [2.45, 2.75) is 26.3 Å². The number of rotatable bonds is 3. The van der Waals surface area contributed by atoms with Crippen LogP contribution in [-0.4, -0.2) is 10.3 Å². The lowest BCUT2D eigenvalue weighted by Gasteiger charge is -2.15. The van der Waals surface area contributed by atoms with Crippen molar-refractivity contribution in [3.8, 4) is 0 Å². The van der Waals surface area contributed by atoms with Crippen molar-refractivity contribution in [1.82, 2.24) is 4.57 Å². The van der Waals surface area contributed by atoms with Gasteiger partial charge in [-0.05, 0) is 43.5 Å². The monoisotopic (exact) mass is 247 g/mol. The van der Waals surface area contributed by atoms with Crippen molar-refractivity contribution in [1.29, 1.82) is 0 Å². The van der Waals surface area contributed by atoms with Gasteiger partial charge in [0.25, 0.3) is 5.56 Å². The topological polar surface area (TPSA) is 22.0 Å². The number of fused-ring (bicyclic) bond motifs is 1. The molecule has 0 aliphatic carbocycles. The fourth-order valence-electron chi connectivity index (χ4n) is 2.15. The van der Waals surface area contributed by atoms with Gasteiger partial charge in [0.05, 0.1) is 5.52 Å². The first kappa shape index (κ1) is 12.2. The molecule has 0 bridgehead atoms. The Kier molecular flexibility index (Phi) is 3.57. The molecule has 0 fully saturated rings. The molecule has 1 heterocycles. The summed E-state index contributed by atoms with van der Waals surface area (Å²) < 4.78 is 1.87. The third-order valence-corrected chi connectivity index (χ3v) is 3.14. The zero-order valence-electron chi connectivity index (χ0n) is 10.2. The number of hydrogen-bond acceptors (Lipinski definition) is 2. The summed E-state index contributed by atoms with van der Waals surface area (Å²) >= 11 is 4.21. The zero-order chi connectivity index (χ0) is 12.4. The van der Waals surface area contributed by atoms with Crippen molar-refractivity contribution in [3.05, 3.63) is 46.2 Å². The summed E-state index contributed by atoms with van der Waals surface area (Å²) in [5.41, 5.74) is 1.98. The highest BCUT2D eigenvalue weighted by Gasteiger charge is 2.10. The summed E-state index contributed by atoms with van der Waals surface area (Å²) in [6.07, 6.45) is 0.722. The maximum atomic E-state index is 12.3. The largest absolute Gasteiger partial charge is 0.306 e. The lowest BCUT2D eigenvalue weighted by molar-refractivity contribution is 0.596. The first-order chi connectivity index (χ1) is 8.15. The summed E-state index contributed by atoms with van der Waals surface area (Å²) in [7, 11) is 0. The molecule has 0 aliphatic heterocycles. The molecule has 0 aliphatic rings. The van der Waals surface area contributed by atoms with E-state index in [1.165, 1.54) is 0 Å². The predicted octanol–water partition coefficient (Wildman–Crippen LogP) is 3.05. The second-order valence-corrected chi connectivity index (χ2v) is 4.92. The molecule has 17 heavy (non-hydrogen) atoms. The number of para-hydroxylation sites is 1. The van der Waals surface area contributed by atoms with Gasteiger partial charge >= 0.3 is 0 Å². The quantitative estimate of drug-likeness (QED) is 0.827. The maximum Gasteiger partial charge on any atom is 0.254 e. The van der Waals surface area contributed by atoms with Gasteiger partial charge in [-0.25, -0.2) is 0 Å². The Bertz CT molecular complexity index is 586. The number of thiol groups is 1. The third kappa shape index (κ3) is 2.25. The standard InChI is InChI=1S/C14H17NOS/c1-10(2)15-13-6-4-3-5-11(13)9-12(7-8-17)14(15)16/h3-6,9-10,17H,7-8H2,1-2H3. The Morgan fingerprint density at radius 3 is 2.65 bits per heavy atom. The number of aryl methyl sites for hydroxylation is 1. The van der Waals surface area contributed by atoms with Crippen molar-refractivity contribution in [2.24, 2.45) is 0 Å². The molecule has 2 rings (SSSR count). The lowest BCUT2D eigenvalue weighted by atomic mass is 10.1.